The first-order valence-corrected chi connectivity index (χ1v) is 8.24. The topological polar surface area (TPSA) is 46.6 Å². The van der Waals surface area contributed by atoms with Crippen LogP contribution in [0.2, 0.25) is 0 Å². The van der Waals surface area contributed by atoms with Gasteiger partial charge in [-0.25, -0.2) is 4.79 Å². The van der Waals surface area contributed by atoms with Gasteiger partial charge in [0.25, 0.3) is 0 Å². The summed E-state index contributed by atoms with van der Waals surface area (Å²) in [5.41, 5.74) is 1.85. The molecule has 0 aromatic heterocycles. The summed E-state index contributed by atoms with van der Waals surface area (Å²) >= 11 is 0. The van der Waals surface area contributed by atoms with E-state index in [4.69, 9.17) is 4.74 Å². The third kappa shape index (κ3) is 4.34. The zero-order valence-electron chi connectivity index (χ0n) is 14.7. The van der Waals surface area contributed by atoms with E-state index >= 15 is 0 Å². The van der Waals surface area contributed by atoms with Gasteiger partial charge in [-0.1, -0.05) is 38.1 Å². The summed E-state index contributed by atoms with van der Waals surface area (Å²) in [6.07, 6.45) is 0.628. The van der Waals surface area contributed by atoms with Gasteiger partial charge in [0.05, 0.1) is 0 Å². The number of aldehydes is 1. The largest absolute Gasteiger partial charge is 0.444 e. The smallest absolute Gasteiger partial charge is 0.410 e. The van der Waals surface area contributed by atoms with Gasteiger partial charge in [0, 0.05) is 24.9 Å². The number of nitrogens with zero attached hydrogens (tertiary/aromatic N) is 1. The standard InChI is InChI=1S/C19H27NO3/c1-13(2)14-7-6-8-15(9-14)17-11-20(10-16(17)12-21)18(22)23-19(3,4)5/h6-9,12-13,16-17H,10-11H2,1-5H3/t16-,17?/m1/s1. The molecule has 0 N–H and O–H groups in total. The Balaban J connectivity index is 2.18. The lowest BCUT2D eigenvalue weighted by atomic mass is 9.88. The van der Waals surface area contributed by atoms with E-state index in [1.807, 2.05) is 32.9 Å². The number of benzene rings is 1. The van der Waals surface area contributed by atoms with Crippen molar-refractivity contribution in [2.24, 2.45) is 5.92 Å². The summed E-state index contributed by atoms with van der Waals surface area (Å²) in [6, 6.07) is 8.34. The fraction of sp³-hybridized carbons (Fsp3) is 0.579. The van der Waals surface area contributed by atoms with E-state index in [-0.39, 0.29) is 17.9 Å². The molecule has 1 aliphatic heterocycles. The van der Waals surface area contributed by atoms with E-state index in [1.54, 1.807) is 4.90 Å². The minimum Gasteiger partial charge on any atom is -0.444 e. The molecule has 1 heterocycles. The van der Waals surface area contributed by atoms with Crippen LogP contribution in [-0.2, 0) is 9.53 Å². The van der Waals surface area contributed by atoms with Gasteiger partial charge >= 0.3 is 6.09 Å². The first-order chi connectivity index (χ1) is 10.7. The molecular formula is C19H27NO3. The fourth-order valence-electron chi connectivity index (χ4n) is 2.94. The van der Waals surface area contributed by atoms with Gasteiger partial charge in [-0.15, -0.1) is 0 Å². The van der Waals surface area contributed by atoms with Gasteiger partial charge in [-0.05, 0) is 37.8 Å². The van der Waals surface area contributed by atoms with Crippen LogP contribution in [0.15, 0.2) is 24.3 Å². The SMILES string of the molecule is CC(C)c1cccc(C2CN(C(=O)OC(C)(C)C)C[C@@H]2C=O)c1. The molecule has 4 nitrogen and oxygen atoms in total. The number of hydrogen-bond acceptors (Lipinski definition) is 3. The van der Waals surface area contributed by atoms with E-state index < -0.39 is 5.60 Å². The molecule has 0 spiro atoms. The molecule has 2 rings (SSSR count). The van der Waals surface area contributed by atoms with Crippen LogP contribution in [-0.4, -0.2) is 36.0 Å². The maximum absolute atomic E-state index is 12.3. The number of ether oxygens (including phenoxy) is 1. The lowest BCUT2D eigenvalue weighted by Crippen LogP contribution is -2.35. The Bertz CT molecular complexity index is 574. The maximum atomic E-state index is 12.3. The molecule has 1 unspecified atom stereocenters. The quantitative estimate of drug-likeness (QED) is 0.793. The molecule has 1 saturated heterocycles. The van der Waals surface area contributed by atoms with Crippen LogP contribution < -0.4 is 0 Å². The minimum absolute atomic E-state index is 0.0405. The Labute approximate surface area is 138 Å². The molecule has 1 aliphatic rings. The fourth-order valence-corrected chi connectivity index (χ4v) is 2.94. The van der Waals surface area contributed by atoms with E-state index in [9.17, 15) is 9.59 Å². The molecule has 126 valence electrons. The van der Waals surface area contributed by atoms with Crippen molar-refractivity contribution in [3.8, 4) is 0 Å². The normalized spacial score (nSPS) is 21.6. The summed E-state index contributed by atoms with van der Waals surface area (Å²) in [4.78, 5) is 25.4. The molecular weight excluding hydrogens is 290 g/mol. The molecule has 23 heavy (non-hydrogen) atoms. The van der Waals surface area contributed by atoms with Crippen molar-refractivity contribution in [1.82, 2.24) is 4.90 Å². The van der Waals surface area contributed by atoms with Crippen LogP contribution >= 0.6 is 0 Å². The number of carbonyl (C=O) groups is 2. The van der Waals surface area contributed by atoms with Gasteiger partial charge < -0.3 is 14.4 Å². The molecule has 0 radical (unpaired) electrons. The zero-order chi connectivity index (χ0) is 17.2. The Kier molecular flexibility index (Phi) is 5.12. The molecule has 1 amide bonds. The maximum Gasteiger partial charge on any atom is 0.410 e. The third-order valence-corrected chi connectivity index (χ3v) is 4.20. The molecule has 2 atom stereocenters. The van der Waals surface area contributed by atoms with E-state index in [1.165, 1.54) is 5.56 Å². The highest BCUT2D eigenvalue weighted by atomic mass is 16.6. The summed E-state index contributed by atoms with van der Waals surface area (Å²) in [7, 11) is 0. The molecule has 0 saturated carbocycles. The summed E-state index contributed by atoms with van der Waals surface area (Å²) in [6.45, 7) is 10.8. The molecule has 0 bridgehead atoms. The molecule has 1 aromatic carbocycles. The minimum atomic E-state index is -0.524. The first-order valence-electron chi connectivity index (χ1n) is 8.24. The Morgan fingerprint density at radius 1 is 1.30 bits per heavy atom. The summed E-state index contributed by atoms with van der Waals surface area (Å²) in [5, 5.41) is 0. The Hall–Kier alpha value is -1.84. The van der Waals surface area contributed by atoms with Crippen LogP contribution in [0.1, 0.15) is 57.6 Å². The van der Waals surface area contributed by atoms with Crippen molar-refractivity contribution in [3.05, 3.63) is 35.4 Å². The average molecular weight is 317 g/mol. The van der Waals surface area contributed by atoms with Crippen molar-refractivity contribution in [3.63, 3.8) is 0 Å². The van der Waals surface area contributed by atoms with Gasteiger partial charge in [0.2, 0.25) is 0 Å². The first kappa shape index (κ1) is 17.5. The Morgan fingerprint density at radius 2 is 2.00 bits per heavy atom. The highest BCUT2D eigenvalue weighted by molar-refractivity contribution is 5.70. The van der Waals surface area contributed by atoms with Gasteiger partial charge in [-0.2, -0.15) is 0 Å². The number of likely N-dealkylation sites (tertiary alicyclic amines) is 1. The average Bonchev–Trinajstić information content (AvgIpc) is 2.90. The monoisotopic (exact) mass is 317 g/mol. The number of hydrogen-bond donors (Lipinski definition) is 0. The molecule has 0 aliphatic carbocycles. The van der Waals surface area contributed by atoms with Crippen LogP contribution in [0.4, 0.5) is 4.79 Å². The second-order valence-electron chi connectivity index (χ2n) is 7.62. The number of amides is 1. The van der Waals surface area contributed by atoms with Crippen molar-refractivity contribution in [1.29, 1.82) is 0 Å². The number of rotatable bonds is 3. The lowest BCUT2D eigenvalue weighted by Gasteiger charge is -2.24. The second kappa shape index (κ2) is 6.73. The lowest BCUT2D eigenvalue weighted by molar-refractivity contribution is -0.111. The van der Waals surface area contributed by atoms with Gasteiger partial charge in [-0.3, -0.25) is 0 Å². The Morgan fingerprint density at radius 3 is 2.57 bits per heavy atom. The predicted octanol–water partition coefficient (Wildman–Crippen LogP) is 3.96. The summed E-state index contributed by atoms with van der Waals surface area (Å²) < 4.78 is 5.43. The molecule has 1 fully saturated rings. The van der Waals surface area contributed by atoms with Crippen LogP contribution in [0.5, 0.6) is 0 Å². The van der Waals surface area contributed by atoms with Crippen molar-refractivity contribution in [2.45, 2.75) is 52.1 Å². The van der Waals surface area contributed by atoms with Gasteiger partial charge in [0.15, 0.2) is 0 Å². The van der Waals surface area contributed by atoms with Crippen LogP contribution in [0.25, 0.3) is 0 Å². The summed E-state index contributed by atoms with van der Waals surface area (Å²) in [5.74, 6) is 0.302. The molecule has 4 heteroatoms. The van der Waals surface area contributed by atoms with E-state index in [2.05, 4.69) is 26.0 Å². The number of carbonyl (C=O) groups excluding carboxylic acids is 2. The van der Waals surface area contributed by atoms with Crippen LogP contribution in [0.3, 0.4) is 0 Å². The van der Waals surface area contributed by atoms with Crippen molar-refractivity contribution in [2.75, 3.05) is 13.1 Å². The highest BCUT2D eigenvalue weighted by Gasteiger charge is 2.37. The zero-order valence-corrected chi connectivity index (χ0v) is 14.7. The second-order valence-corrected chi connectivity index (χ2v) is 7.62. The van der Waals surface area contributed by atoms with Crippen LogP contribution in [0, 0.1) is 5.92 Å². The van der Waals surface area contributed by atoms with Gasteiger partial charge in [0.1, 0.15) is 11.9 Å². The predicted molar refractivity (Wildman–Crippen MR) is 90.6 cm³/mol. The van der Waals surface area contributed by atoms with Crippen molar-refractivity contribution >= 4 is 12.4 Å². The highest BCUT2D eigenvalue weighted by Crippen LogP contribution is 2.33. The third-order valence-electron chi connectivity index (χ3n) is 4.20. The molecule has 1 aromatic rings. The van der Waals surface area contributed by atoms with E-state index in [0.29, 0.717) is 19.0 Å². The van der Waals surface area contributed by atoms with E-state index in [0.717, 1.165) is 11.8 Å². The van der Waals surface area contributed by atoms with Crippen molar-refractivity contribution < 1.29 is 14.3 Å².